The Morgan fingerprint density at radius 2 is 1.76 bits per heavy atom. The molecule has 1 atom stereocenters. The van der Waals surface area contributed by atoms with Crippen molar-refractivity contribution >= 4 is 23.2 Å². The molecule has 3 nitrogen and oxygen atoms in total. The second kappa shape index (κ2) is 9.88. The van der Waals surface area contributed by atoms with Gasteiger partial charge in [0.15, 0.2) is 5.69 Å². The van der Waals surface area contributed by atoms with E-state index in [2.05, 4.69) is 31.1 Å². The van der Waals surface area contributed by atoms with Gasteiger partial charge >= 0.3 is 6.18 Å². The Labute approximate surface area is 206 Å². The van der Waals surface area contributed by atoms with Gasteiger partial charge in [-0.15, -0.1) is 0 Å². The van der Waals surface area contributed by atoms with Crippen LogP contribution in [0.2, 0.25) is 10.0 Å². The molecular weight excluding hydrogens is 484 g/mol. The van der Waals surface area contributed by atoms with Crippen LogP contribution in [0.4, 0.5) is 13.2 Å². The van der Waals surface area contributed by atoms with Crippen molar-refractivity contribution in [3.05, 3.63) is 98.8 Å². The summed E-state index contributed by atoms with van der Waals surface area (Å²) in [5.41, 5.74) is 3.13. The molecule has 3 aromatic rings. The first kappa shape index (κ1) is 24.4. The lowest BCUT2D eigenvalue weighted by Gasteiger charge is -2.22. The molecular formula is C26H23Cl2F3N2O. The van der Waals surface area contributed by atoms with Gasteiger partial charge in [-0.25, -0.2) is 4.68 Å². The Balaban J connectivity index is 1.55. The molecule has 0 aliphatic heterocycles. The monoisotopic (exact) mass is 506 g/mol. The molecule has 1 aromatic heterocycles. The number of benzene rings is 2. The highest BCUT2D eigenvalue weighted by molar-refractivity contribution is 6.37. The van der Waals surface area contributed by atoms with Gasteiger partial charge in [-0.2, -0.15) is 18.3 Å². The number of aromatic nitrogens is 2. The molecule has 0 saturated heterocycles. The molecule has 178 valence electrons. The van der Waals surface area contributed by atoms with Crippen LogP contribution in [0, 0.1) is 0 Å². The number of nitrogens with zero attached hydrogens (tertiary/aromatic N) is 2. The molecule has 34 heavy (non-hydrogen) atoms. The fourth-order valence-corrected chi connectivity index (χ4v) is 4.61. The van der Waals surface area contributed by atoms with E-state index in [0.29, 0.717) is 11.7 Å². The topological polar surface area (TPSA) is 27.1 Å². The number of rotatable bonds is 6. The normalized spacial score (nSPS) is 16.3. The Morgan fingerprint density at radius 1 is 1.09 bits per heavy atom. The van der Waals surface area contributed by atoms with Gasteiger partial charge in [0, 0.05) is 5.92 Å². The number of hydrogen-bond donors (Lipinski definition) is 0. The summed E-state index contributed by atoms with van der Waals surface area (Å²) in [5.74, 6) is 0.847. The van der Waals surface area contributed by atoms with Crippen molar-refractivity contribution in [3.63, 3.8) is 0 Å². The largest absolute Gasteiger partial charge is 0.487 e. The number of ether oxygens (including phenoxy) is 1. The Kier molecular flexibility index (Phi) is 7.10. The zero-order chi connectivity index (χ0) is 24.5. The van der Waals surface area contributed by atoms with Crippen molar-refractivity contribution in [1.29, 1.82) is 0 Å². The van der Waals surface area contributed by atoms with E-state index in [1.165, 1.54) is 16.7 Å². The summed E-state index contributed by atoms with van der Waals surface area (Å²) in [6.45, 7) is 4.14. The van der Waals surface area contributed by atoms with Crippen molar-refractivity contribution in [2.24, 2.45) is 0 Å². The predicted octanol–water partition coefficient (Wildman–Crippen LogP) is 8.55. The fourth-order valence-electron chi connectivity index (χ4n) is 4.05. The van der Waals surface area contributed by atoms with Crippen LogP contribution < -0.4 is 4.74 Å². The molecule has 1 unspecified atom stereocenters. The molecule has 1 heterocycles. The molecule has 0 N–H and O–H groups in total. The number of para-hydroxylation sites is 1. The van der Waals surface area contributed by atoms with Crippen LogP contribution in [0.1, 0.15) is 49.6 Å². The quantitative estimate of drug-likeness (QED) is 0.334. The second-order valence-corrected chi connectivity index (χ2v) is 8.98. The van der Waals surface area contributed by atoms with E-state index in [9.17, 15) is 13.2 Å². The summed E-state index contributed by atoms with van der Waals surface area (Å²) in [7, 11) is 0. The number of allylic oxidation sites excluding steroid dienone is 4. The highest BCUT2D eigenvalue weighted by atomic mass is 35.5. The molecule has 0 spiro atoms. The van der Waals surface area contributed by atoms with Gasteiger partial charge in [0.1, 0.15) is 18.0 Å². The molecule has 0 bridgehead atoms. The summed E-state index contributed by atoms with van der Waals surface area (Å²) in [6, 6.07) is 13.3. The first-order valence-corrected chi connectivity index (χ1v) is 11.6. The molecule has 0 saturated carbocycles. The Morgan fingerprint density at radius 3 is 2.35 bits per heavy atom. The van der Waals surface area contributed by atoms with Crippen LogP contribution in [-0.2, 0) is 12.8 Å². The molecule has 1 aliphatic rings. The second-order valence-electron chi connectivity index (χ2n) is 8.17. The van der Waals surface area contributed by atoms with Gasteiger partial charge < -0.3 is 4.74 Å². The van der Waals surface area contributed by atoms with Crippen molar-refractivity contribution in [2.75, 3.05) is 0 Å². The van der Waals surface area contributed by atoms with Gasteiger partial charge in [0.05, 0.1) is 15.7 Å². The number of hydrogen-bond acceptors (Lipinski definition) is 2. The van der Waals surface area contributed by atoms with Crippen LogP contribution in [0.15, 0.2) is 71.8 Å². The van der Waals surface area contributed by atoms with E-state index < -0.39 is 11.9 Å². The summed E-state index contributed by atoms with van der Waals surface area (Å²) in [6.07, 6.45) is 1.85. The molecule has 8 heteroatoms. The summed E-state index contributed by atoms with van der Waals surface area (Å²) < 4.78 is 47.0. The molecule has 0 fully saturated rings. The Bertz CT molecular complexity index is 1220. The SMILES string of the molecule is CCC1=CCC(c2ccc(OCc3cc(C(F)(F)F)nn3-c3c(Cl)cccc3Cl)cc2)C(C)=C1. The van der Waals surface area contributed by atoms with Crippen LogP contribution in [-0.4, -0.2) is 9.78 Å². The minimum atomic E-state index is -4.62. The average Bonchev–Trinajstić information content (AvgIpc) is 3.22. The Hall–Kier alpha value is -2.70. The van der Waals surface area contributed by atoms with Crippen LogP contribution in [0.25, 0.3) is 5.69 Å². The zero-order valence-electron chi connectivity index (χ0n) is 18.7. The molecule has 4 rings (SSSR count). The van der Waals surface area contributed by atoms with E-state index >= 15 is 0 Å². The maximum Gasteiger partial charge on any atom is 0.435 e. The van der Waals surface area contributed by atoms with Crippen LogP contribution in [0.3, 0.4) is 0 Å². The van der Waals surface area contributed by atoms with Crippen molar-refractivity contribution in [3.8, 4) is 11.4 Å². The van der Waals surface area contributed by atoms with Crippen LogP contribution >= 0.6 is 23.2 Å². The lowest BCUT2D eigenvalue weighted by molar-refractivity contribution is -0.141. The minimum absolute atomic E-state index is 0.144. The summed E-state index contributed by atoms with van der Waals surface area (Å²) in [4.78, 5) is 0. The molecule has 2 aromatic carbocycles. The van der Waals surface area contributed by atoms with E-state index in [0.717, 1.165) is 23.6 Å². The highest BCUT2D eigenvalue weighted by Gasteiger charge is 2.35. The van der Waals surface area contributed by atoms with Crippen molar-refractivity contribution in [1.82, 2.24) is 9.78 Å². The van der Waals surface area contributed by atoms with Crippen molar-refractivity contribution in [2.45, 2.75) is 45.4 Å². The maximum atomic E-state index is 13.4. The minimum Gasteiger partial charge on any atom is -0.487 e. The number of halogens is 5. The van der Waals surface area contributed by atoms with Crippen molar-refractivity contribution < 1.29 is 17.9 Å². The van der Waals surface area contributed by atoms with Gasteiger partial charge in [-0.1, -0.05) is 71.6 Å². The molecule has 1 aliphatic carbocycles. The standard InChI is InChI=1S/C26H23Cl2F3N2O/c1-3-17-7-12-21(16(2)13-17)18-8-10-20(11-9-18)34-15-19-14-24(26(29,30)31)32-33(19)25-22(27)5-4-6-23(25)28/h4-11,13-14,21H,3,12,15H2,1-2H3. The van der Waals surface area contributed by atoms with E-state index in [1.807, 2.05) is 24.3 Å². The maximum absolute atomic E-state index is 13.4. The third kappa shape index (κ3) is 5.18. The zero-order valence-corrected chi connectivity index (χ0v) is 20.2. The van der Waals surface area contributed by atoms with Gasteiger partial charge in [-0.05, 0) is 55.7 Å². The molecule has 0 amide bonds. The lowest BCUT2D eigenvalue weighted by atomic mass is 9.83. The highest BCUT2D eigenvalue weighted by Crippen LogP contribution is 2.36. The third-order valence-corrected chi connectivity index (χ3v) is 6.49. The van der Waals surface area contributed by atoms with Crippen LogP contribution in [0.5, 0.6) is 5.75 Å². The van der Waals surface area contributed by atoms with E-state index in [4.69, 9.17) is 27.9 Å². The smallest absolute Gasteiger partial charge is 0.435 e. The average molecular weight is 507 g/mol. The number of alkyl halides is 3. The summed E-state index contributed by atoms with van der Waals surface area (Å²) in [5, 5.41) is 4.09. The summed E-state index contributed by atoms with van der Waals surface area (Å²) >= 11 is 12.4. The first-order chi connectivity index (χ1) is 16.2. The van der Waals surface area contributed by atoms with Gasteiger partial charge in [-0.3, -0.25) is 0 Å². The third-order valence-electron chi connectivity index (χ3n) is 5.88. The molecule has 0 radical (unpaired) electrons. The van der Waals surface area contributed by atoms with Gasteiger partial charge in [0.2, 0.25) is 0 Å². The predicted molar refractivity (Wildman–Crippen MR) is 129 cm³/mol. The van der Waals surface area contributed by atoms with Gasteiger partial charge in [0.25, 0.3) is 0 Å². The first-order valence-electron chi connectivity index (χ1n) is 10.9. The fraction of sp³-hybridized carbons (Fsp3) is 0.269. The van der Waals surface area contributed by atoms with E-state index in [-0.39, 0.29) is 28.0 Å². The van der Waals surface area contributed by atoms with E-state index in [1.54, 1.807) is 18.2 Å². The lowest BCUT2D eigenvalue weighted by Crippen LogP contribution is -2.09.